The zero-order valence-electron chi connectivity index (χ0n) is 17.2. The highest BCUT2D eigenvalue weighted by atomic mass is 35.5. The first-order chi connectivity index (χ1) is 15.3. The van der Waals surface area contributed by atoms with E-state index >= 15 is 0 Å². The van der Waals surface area contributed by atoms with Crippen LogP contribution >= 0.6 is 23.2 Å². The lowest BCUT2D eigenvalue weighted by Gasteiger charge is -2.32. The molecule has 1 aliphatic rings. The van der Waals surface area contributed by atoms with Crippen LogP contribution in [-0.4, -0.2) is 31.8 Å². The van der Waals surface area contributed by atoms with Crippen molar-refractivity contribution in [3.05, 3.63) is 99.5 Å². The Balaban J connectivity index is 1.63. The van der Waals surface area contributed by atoms with Crippen LogP contribution in [0.2, 0.25) is 10.0 Å². The zero-order valence-corrected chi connectivity index (χ0v) is 19.5. The molecule has 5 nitrogen and oxygen atoms in total. The van der Waals surface area contributed by atoms with Crippen LogP contribution in [0.3, 0.4) is 0 Å². The smallest absolute Gasteiger partial charge is 0.242 e. The second kappa shape index (κ2) is 9.63. The number of fused-ring (bicyclic) bond motifs is 1. The van der Waals surface area contributed by atoms with Crippen LogP contribution in [0.25, 0.3) is 0 Å². The summed E-state index contributed by atoms with van der Waals surface area (Å²) in [6, 6.07) is 20.5. The molecular formula is C24H22Cl2N2O3S. The Kier molecular flexibility index (Phi) is 6.86. The molecule has 0 radical (unpaired) electrons. The lowest BCUT2D eigenvalue weighted by molar-refractivity contribution is -0.133. The maximum absolute atomic E-state index is 13.5. The summed E-state index contributed by atoms with van der Waals surface area (Å²) in [7, 11) is -4.09. The number of hydrogen-bond acceptors (Lipinski definition) is 3. The van der Waals surface area contributed by atoms with Gasteiger partial charge in [0.1, 0.15) is 10.9 Å². The van der Waals surface area contributed by atoms with Gasteiger partial charge in [-0.25, -0.2) is 8.42 Å². The number of rotatable bonds is 6. The van der Waals surface area contributed by atoms with E-state index in [9.17, 15) is 13.2 Å². The molecule has 0 saturated heterocycles. The first kappa shape index (κ1) is 22.8. The van der Waals surface area contributed by atoms with Gasteiger partial charge in [0.15, 0.2) is 0 Å². The Morgan fingerprint density at radius 2 is 1.66 bits per heavy atom. The largest absolute Gasteiger partial charge is 0.337 e. The molecule has 0 bridgehead atoms. The summed E-state index contributed by atoms with van der Waals surface area (Å²) in [5, 5.41) is 0.285. The minimum Gasteiger partial charge on any atom is -0.337 e. The van der Waals surface area contributed by atoms with Crippen molar-refractivity contribution in [3.63, 3.8) is 0 Å². The number of halogens is 2. The van der Waals surface area contributed by atoms with Crippen LogP contribution in [0, 0.1) is 0 Å². The first-order valence-corrected chi connectivity index (χ1v) is 12.4. The van der Waals surface area contributed by atoms with Crippen molar-refractivity contribution in [1.29, 1.82) is 0 Å². The van der Waals surface area contributed by atoms with E-state index in [0.29, 0.717) is 13.1 Å². The maximum atomic E-state index is 13.5. The van der Waals surface area contributed by atoms with E-state index in [0.717, 1.165) is 17.5 Å². The lowest BCUT2D eigenvalue weighted by atomic mass is 9.98. The molecule has 0 saturated carbocycles. The number of carbonyl (C=O) groups excluding carboxylic acids is 1. The van der Waals surface area contributed by atoms with Gasteiger partial charge in [0.2, 0.25) is 15.9 Å². The third-order valence-corrected chi connectivity index (χ3v) is 7.69. The molecule has 3 aromatic carbocycles. The predicted octanol–water partition coefficient (Wildman–Crippen LogP) is 4.47. The van der Waals surface area contributed by atoms with Crippen molar-refractivity contribution >= 4 is 39.1 Å². The first-order valence-electron chi connectivity index (χ1n) is 10.2. The molecule has 1 heterocycles. The van der Waals surface area contributed by atoms with E-state index < -0.39 is 16.1 Å². The van der Waals surface area contributed by atoms with Crippen molar-refractivity contribution in [3.8, 4) is 0 Å². The Labute approximate surface area is 198 Å². The van der Waals surface area contributed by atoms with Gasteiger partial charge in [-0.1, -0.05) is 77.8 Å². The summed E-state index contributed by atoms with van der Waals surface area (Å²) in [6.07, 6.45) is 0.947. The number of nitrogens with one attached hydrogen (secondary N) is 1. The predicted molar refractivity (Wildman–Crippen MR) is 126 cm³/mol. The van der Waals surface area contributed by atoms with Gasteiger partial charge < -0.3 is 4.90 Å². The Bertz CT molecular complexity index is 1230. The van der Waals surface area contributed by atoms with Gasteiger partial charge in [-0.05, 0) is 47.7 Å². The fourth-order valence-electron chi connectivity index (χ4n) is 3.87. The van der Waals surface area contributed by atoms with Crippen molar-refractivity contribution in [2.24, 2.45) is 0 Å². The second-order valence-corrected chi connectivity index (χ2v) is 10.2. The summed E-state index contributed by atoms with van der Waals surface area (Å²) in [6.45, 7) is 0.973. The SMILES string of the molecule is O=C(C(Cc1ccccc1)NS(=O)(=O)c1cc(Cl)ccc1Cl)N1CCc2ccccc2C1. The highest BCUT2D eigenvalue weighted by molar-refractivity contribution is 7.89. The van der Waals surface area contributed by atoms with E-state index in [1.807, 2.05) is 48.5 Å². The van der Waals surface area contributed by atoms with Gasteiger partial charge >= 0.3 is 0 Å². The molecule has 1 amide bonds. The Hall–Kier alpha value is -2.38. The fraction of sp³-hybridized carbons (Fsp3) is 0.208. The minimum atomic E-state index is -4.09. The topological polar surface area (TPSA) is 66.5 Å². The molecule has 1 unspecified atom stereocenters. The molecule has 3 aromatic rings. The lowest BCUT2D eigenvalue weighted by Crippen LogP contribution is -2.50. The molecule has 1 aliphatic heterocycles. The summed E-state index contributed by atoms with van der Waals surface area (Å²) in [4.78, 5) is 15.1. The van der Waals surface area contributed by atoms with Crippen LogP contribution in [0.1, 0.15) is 16.7 Å². The van der Waals surface area contributed by atoms with E-state index in [1.54, 1.807) is 4.90 Å². The molecule has 1 N–H and O–H groups in total. The van der Waals surface area contributed by atoms with Gasteiger partial charge in [0.05, 0.1) is 5.02 Å². The van der Waals surface area contributed by atoms with Crippen LogP contribution in [-0.2, 0) is 34.2 Å². The number of sulfonamides is 1. The molecule has 8 heteroatoms. The van der Waals surface area contributed by atoms with Crippen molar-refractivity contribution < 1.29 is 13.2 Å². The molecule has 0 fully saturated rings. The van der Waals surface area contributed by atoms with E-state index in [1.165, 1.54) is 23.8 Å². The minimum absolute atomic E-state index is 0.0414. The maximum Gasteiger partial charge on any atom is 0.242 e. The van der Waals surface area contributed by atoms with Gasteiger partial charge in [-0.15, -0.1) is 0 Å². The standard InChI is InChI=1S/C24H22Cl2N2O3S/c25-20-10-11-21(26)23(15-20)32(30,31)27-22(14-17-6-2-1-3-7-17)24(29)28-13-12-18-8-4-5-9-19(18)16-28/h1-11,15,22,27H,12-14,16H2. The number of amides is 1. The van der Waals surface area contributed by atoms with Crippen molar-refractivity contribution in [2.45, 2.75) is 30.3 Å². The summed E-state index contributed by atoms with van der Waals surface area (Å²) in [5.41, 5.74) is 3.14. The second-order valence-electron chi connectivity index (χ2n) is 7.72. The third-order valence-electron chi connectivity index (χ3n) is 5.50. The quantitative estimate of drug-likeness (QED) is 0.556. The normalized spacial score (nSPS) is 14.6. The summed E-state index contributed by atoms with van der Waals surface area (Å²) >= 11 is 12.1. The zero-order chi connectivity index (χ0) is 22.7. The monoisotopic (exact) mass is 488 g/mol. The molecule has 1 atom stereocenters. The molecule has 0 aromatic heterocycles. The van der Waals surface area contributed by atoms with Gasteiger partial charge in [0, 0.05) is 18.1 Å². The average molecular weight is 489 g/mol. The van der Waals surface area contributed by atoms with Gasteiger partial charge in [-0.3, -0.25) is 4.79 Å². The van der Waals surface area contributed by atoms with Crippen molar-refractivity contribution in [2.75, 3.05) is 6.54 Å². The highest BCUT2D eigenvalue weighted by Gasteiger charge is 2.32. The van der Waals surface area contributed by atoms with Gasteiger partial charge in [0.25, 0.3) is 0 Å². The Morgan fingerprint density at radius 1 is 0.969 bits per heavy atom. The van der Waals surface area contributed by atoms with Crippen LogP contribution in [0.15, 0.2) is 77.7 Å². The number of carbonyl (C=O) groups is 1. The molecule has 166 valence electrons. The van der Waals surface area contributed by atoms with Crippen LogP contribution in [0.4, 0.5) is 0 Å². The summed E-state index contributed by atoms with van der Waals surface area (Å²) in [5.74, 6) is -0.273. The number of nitrogens with zero attached hydrogens (tertiary/aromatic N) is 1. The van der Waals surface area contributed by atoms with Gasteiger partial charge in [-0.2, -0.15) is 4.72 Å². The summed E-state index contributed by atoms with van der Waals surface area (Å²) < 4.78 is 28.9. The van der Waals surface area contributed by atoms with E-state index in [2.05, 4.69) is 10.8 Å². The Morgan fingerprint density at radius 3 is 2.41 bits per heavy atom. The average Bonchev–Trinajstić information content (AvgIpc) is 2.80. The number of benzene rings is 3. The molecule has 4 rings (SSSR count). The molecular weight excluding hydrogens is 467 g/mol. The fourth-order valence-corrected chi connectivity index (χ4v) is 5.82. The van der Waals surface area contributed by atoms with Crippen LogP contribution in [0.5, 0.6) is 0 Å². The number of hydrogen-bond donors (Lipinski definition) is 1. The third kappa shape index (κ3) is 5.15. The molecule has 32 heavy (non-hydrogen) atoms. The van der Waals surface area contributed by atoms with Crippen molar-refractivity contribution in [1.82, 2.24) is 9.62 Å². The molecule has 0 aliphatic carbocycles. The van der Waals surface area contributed by atoms with E-state index in [4.69, 9.17) is 23.2 Å². The van der Waals surface area contributed by atoms with Crippen LogP contribution < -0.4 is 4.72 Å². The molecule has 0 spiro atoms. The van der Waals surface area contributed by atoms with E-state index in [-0.39, 0.29) is 27.3 Å². The highest BCUT2D eigenvalue weighted by Crippen LogP contribution is 2.26.